The van der Waals surface area contributed by atoms with E-state index in [9.17, 15) is 90.7 Å². The molecule has 28 nitrogen and oxygen atoms in total. The number of carboxylic acid groups (broad SMARTS) is 1. The second kappa shape index (κ2) is 41.9. The third kappa shape index (κ3) is 24.5. The number of amides is 2. The molecule has 4 aliphatic heterocycles. The van der Waals surface area contributed by atoms with Crippen LogP contribution in [-0.2, 0) is 57.1 Å². The van der Waals surface area contributed by atoms with Crippen LogP contribution in [0.2, 0.25) is 0 Å². The van der Waals surface area contributed by atoms with Crippen LogP contribution in [0.5, 0.6) is 0 Å². The molecule has 4 aliphatic rings. The minimum Gasteiger partial charge on any atom is -0.477 e. The maximum Gasteiger partial charge on any atom is 0.364 e. The van der Waals surface area contributed by atoms with E-state index in [1.807, 2.05) is 0 Å². The van der Waals surface area contributed by atoms with Gasteiger partial charge in [0.2, 0.25) is 11.8 Å². The maximum atomic E-state index is 13.6. The molecule has 90 heavy (non-hydrogen) atoms. The van der Waals surface area contributed by atoms with Crippen molar-refractivity contribution in [2.45, 2.75) is 329 Å². The van der Waals surface area contributed by atoms with Gasteiger partial charge in [-0.05, 0) is 19.8 Å². The van der Waals surface area contributed by atoms with Crippen molar-refractivity contribution in [3.8, 4) is 0 Å². The highest BCUT2D eigenvalue weighted by Crippen LogP contribution is 2.41. The summed E-state index contributed by atoms with van der Waals surface area (Å²) < 4.78 is 48.0. The molecule has 0 aromatic heterocycles. The Kier molecular flexibility index (Phi) is 37.1. The van der Waals surface area contributed by atoms with E-state index < -0.39 is 204 Å². The number of nitrogens with one attached hydrogen (secondary N) is 2. The summed E-state index contributed by atoms with van der Waals surface area (Å²) in [4.78, 5) is 51.8. The van der Waals surface area contributed by atoms with Crippen LogP contribution in [-0.4, -0.2) is 262 Å². The number of hydrogen-bond acceptors (Lipinski definition) is 25. The lowest BCUT2D eigenvalue weighted by Crippen LogP contribution is -2.71. The zero-order chi connectivity index (χ0) is 66.5. The lowest BCUT2D eigenvalue weighted by molar-refractivity contribution is -0.403. The summed E-state index contributed by atoms with van der Waals surface area (Å²) in [6.45, 7) is 1.93. The molecule has 0 saturated carbocycles. The van der Waals surface area contributed by atoms with Crippen molar-refractivity contribution in [1.82, 2.24) is 10.6 Å². The van der Waals surface area contributed by atoms with Crippen molar-refractivity contribution >= 4 is 23.6 Å². The first kappa shape index (κ1) is 79.7. The normalized spacial score (nSPS) is 33.7. The van der Waals surface area contributed by atoms with Crippen LogP contribution < -0.4 is 10.6 Å². The number of ether oxygens (including phenoxy) is 8. The van der Waals surface area contributed by atoms with Gasteiger partial charge in [0.25, 0.3) is 5.79 Å². The standard InChI is InChI=1S/C62H112N2O26/c1-5-7-9-11-13-15-16-17-18-20-21-23-25-27-40(71)39(64-46(74)28-26-24-22-19-14-12-10-8-6-2)35-83-59-52(79)51(78)54(44(33-67)85-59)87-60-53(80)57(55(45(34-68)86-60)88-58-38(29-36(3)69)48(75)50(77)43(32-66)84-58)90-62(61(81)82)30-41(72)47(63-37(4)70)56(89-62)49(76)42(73)31-65/h38-45,47-60,65-68,71-73,75-80H,5-35H2,1-4H3,(H,63,70)(H,64,74)(H,81,82)/t38-,39+,40-,41+,42-,43-,44-,45-,47-,48-,49-,50+,51-,52-,53-,54-,55+,56?,57-,58+,59-,60+,62+/m1/s1. The zero-order valence-electron chi connectivity index (χ0n) is 53.3. The summed E-state index contributed by atoms with van der Waals surface area (Å²) in [5, 5.41) is 160. The predicted molar refractivity (Wildman–Crippen MR) is 319 cm³/mol. The van der Waals surface area contributed by atoms with Gasteiger partial charge in [-0.2, -0.15) is 0 Å². The Balaban J connectivity index is 1.58. The van der Waals surface area contributed by atoms with Crippen LogP contribution >= 0.6 is 0 Å². The second-order valence-electron chi connectivity index (χ2n) is 25.0. The molecule has 0 spiro atoms. The number of carboxylic acids is 1. The second-order valence-corrected chi connectivity index (χ2v) is 25.0. The Bertz CT molecular complexity index is 2020. The van der Waals surface area contributed by atoms with Gasteiger partial charge in [0, 0.05) is 32.1 Å². The van der Waals surface area contributed by atoms with E-state index in [-0.39, 0.29) is 12.3 Å². The summed E-state index contributed by atoms with van der Waals surface area (Å²) in [5.41, 5.74) is 0. The number of aliphatic carboxylic acids is 1. The van der Waals surface area contributed by atoms with Crippen molar-refractivity contribution in [2.75, 3.05) is 33.0 Å². The van der Waals surface area contributed by atoms with Gasteiger partial charge in [-0.1, -0.05) is 149 Å². The highest BCUT2D eigenvalue weighted by atomic mass is 16.8. The smallest absolute Gasteiger partial charge is 0.364 e. The molecule has 526 valence electrons. The summed E-state index contributed by atoms with van der Waals surface area (Å²) >= 11 is 0. The van der Waals surface area contributed by atoms with Crippen molar-refractivity contribution in [1.29, 1.82) is 0 Å². The Morgan fingerprint density at radius 3 is 1.58 bits per heavy atom. The molecule has 2 amide bonds. The van der Waals surface area contributed by atoms with Crippen molar-refractivity contribution in [3.05, 3.63) is 0 Å². The lowest BCUT2D eigenvalue weighted by atomic mass is 9.87. The fourth-order valence-electron chi connectivity index (χ4n) is 12.3. The van der Waals surface area contributed by atoms with Gasteiger partial charge in [0.1, 0.15) is 85.1 Å². The molecule has 0 bridgehead atoms. The molecule has 4 fully saturated rings. The molecule has 4 heterocycles. The van der Waals surface area contributed by atoms with Gasteiger partial charge >= 0.3 is 5.97 Å². The van der Waals surface area contributed by atoms with Gasteiger partial charge < -0.3 is 125 Å². The molecule has 23 atom stereocenters. The molecular weight excluding hydrogens is 1190 g/mol. The first-order chi connectivity index (χ1) is 43.0. The summed E-state index contributed by atoms with van der Waals surface area (Å²) in [5.74, 6) is -8.51. The first-order valence-electron chi connectivity index (χ1n) is 33.1. The number of unbranched alkanes of at least 4 members (excludes halogenated alkanes) is 20. The van der Waals surface area contributed by atoms with E-state index in [0.717, 1.165) is 71.6 Å². The van der Waals surface area contributed by atoms with Crippen LogP contribution in [0.4, 0.5) is 0 Å². The predicted octanol–water partition coefficient (Wildman–Crippen LogP) is 0.107. The lowest BCUT2D eigenvalue weighted by Gasteiger charge is -2.52. The fourth-order valence-corrected chi connectivity index (χ4v) is 12.3. The molecule has 0 aromatic carbocycles. The zero-order valence-corrected chi connectivity index (χ0v) is 53.3. The number of rotatable bonds is 45. The summed E-state index contributed by atoms with van der Waals surface area (Å²) in [7, 11) is 0. The van der Waals surface area contributed by atoms with Crippen LogP contribution in [0.1, 0.15) is 195 Å². The van der Waals surface area contributed by atoms with Crippen LogP contribution in [0, 0.1) is 5.92 Å². The Hall–Kier alpha value is -2.76. The van der Waals surface area contributed by atoms with Crippen molar-refractivity contribution in [2.24, 2.45) is 5.92 Å². The van der Waals surface area contributed by atoms with Crippen molar-refractivity contribution in [3.63, 3.8) is 0 Å². The van der Waals surface area contributed by atoms with Crippen LogP contribution in [0.15, 0.2) is 0 Å². The Labute approximate surface area is 529 Å². The van der Waals surface area contributed by atoms with Gasteiger partial charge in [-0.3, -0.25) is 9.59 Å². The monoisotopic (exact) mass is 1300 g/mol. The maximum absolute atomic E-state index is 13.6. The first-order valence-corrected chi connectivity index (χ1v) is 33.1. The largest absolute Gasteiger partial charge is 0.477 e. The van der Waals surface area contributed by atoms with Gasteiger partial charge in [-0.15, -0.1) is 0 Å². The number of ketones is 1. The van der Waals surface area contributed by atoms with E-state index in [1.54, 1.807) is 0 Å². The van der Waals surface area contributed by atoms with E-state index in [0.29, 0.717) is 19.3 Å². The minimum atomic E-state index is -3.26. The van der Waals surface area contributed by atoms with Crippen LogP contribution in [0.3, 0.4) is 0 Å². The molecule has 4 saturated heterocycles. The van der Waals surface area contributed by atoms with Crippen molar-refractivity contribution < 1.29 is 129 Å². The molecular formula is C62H112N2O26. The van der Waals surface area contributed by atoms with E-state index >= 15 is 0 Å². The number of aliphatic hydroxyl groups excluding tert-OH is 13. The Morgan fingerprint density at radius 1 is 0.567 bits per heavy atom. The SMILES string of the molecule is CCCCCCCCCCCCCCC[C@@H](O)[C@H](CO[C@@H]1O[C@H](CO)[C@@H](O[C@@H]2O[C@H](CO)[C@H](O[C@@H]3O[C@H](CO)[C@H](O)[C@H](O)[C@H]3CC(C)=O)[C@H](O[C@]3(C(=O)O)C[C@H](O)[C@@H](NC(C)=O)C([C@H](O)[C@H](O)CO)O3)[C@H]2O)[C@H](O)[C@H]1O)NC(=O)CCCCCCCCCCC. The molecule has 16 N–H and O–H groups in total. The molecule has 4 rings (SSSR count). The summed E-state index contributed by atoms with van der Waals surface area (Å²) in [6, 6.07) is -2.69. The van der Waals surface area contributed by atoms with E-state index in [1.165, 1.54) is 70.6 Å². The topological polar surface area (TPSA) is 449 Å². The molecule has 0 aliphatic carbocycles. The summed E-state index contributed by atoms with van der Waals surface area (Å²) in [6.07, 6.45) is -14.2. The Morgan fingerprint density at radius 2 is 1.07 bits per heavy atom. The molecule has 28 heteroatoms. The molecule has 0 radical (unpaired) electrons. The quantitative estimate of drug-likeness (QED) is 0.0360. The highest BCUT2D eigenvalue weighted by Gasteiger charge is 2.61. The third-order valence-electron chi connectivity index (χ3n) is 17.6. The average Bonchev–Trinajstić information content (AvgIpc) is 0.807. The van der Waals surface area contributed by atoms with E-state index in [2.05, 4.69) is 24.5 Å². The number of hydrogen-bond donors (Lipinski definition) is 16. The number of Topliss-reactive ketones (excluding diaryl/α,β-unsaturated/α-hetero) is 1. The van der Waals surface area contributed by atoms with Gasteiger partial charge in [0.05, 0.1) is 63.4 Å². The van der Waals surface area contributed by atoms with Crippen LogP contribution in [0.25, 0.3) is 0 Å². The van der Waals surface area contributed by atoms with Gasteiger partial charge in [-0.25, -0.2) is 4.79 Å². The average molecular weight is 1300 g/mol. The molecule has 0 aromatic rings. The minimum absolute atomic E-state index is 0.186. The third-order valence-corrected chi connectivity index (χ3v) is 17.6. The molecule has 1 unspecified atom stereocenters. The number of aliphatic hydroxyl groups is 13. The number of carbonyl (C=O) groups excluding carboxylic acids is 3. The van der Waals surface area contributed by atoms with E-state index in [4.69, 9.17) is 37.9 Å². The highest BCUT2D eigenvalue weighted by molar-refractivity contribution is 5.77. The van der Waals surface area contributed by atoms with Gasteiger partial charge in [0.15, 0.2) is 18.9 Å². The number of carbonyl (C=O) groups is 4. The fraction of sp³-hybridized carbons (Fsp3) is 0.935.